The van der Waals surface area contributed by atoms with Crippen molar-refractivity contribution in [2.75, 3.05) is 13.0 Å². The number of halogens is 1. The van der Waals surface area contributed by atoms with Crippen LogP contribution in [-0.4, -0.2) is 27.8 Å². The lowest BCUT2D eigenvalue weighted by Gasteiger charge is -2.10. The third kappa shape index (κ3) is 3.45. The Morgan fingerprint density at radius 3 is 2.81 bits per heavy atom. The van der Waals surface area contributed by atoms with Crippen molar-refractivity contribution in [1.29, 1.82) is 0 Å². The van der Waals surface area contributed by atoms with Crippen molar-refractivity contribution in [2.24, 2.45) is 5.73 Å². The molecule has 1 unspecified atom stereocenters. The maximum absolute atomic E-state index is 11.1. The Labute approximate surface area is 102 Å². The van der Waals surface area contributed by atoms with Gasteiger partial charge >= 0.3 is 0 Å². The Morgan fingerprint density at radius 2 is 2.31 bits per heavy atom. The first-order valence-electron chi connectivity index (χ1n) is 4.67. The van der Waals surface area contributed by atoms with Crippen molar-refractivity contribution >= 4 is 22.7 Å². The quantitative estimate of drug-likeness (QED) is 0.622. The van der Waals surface area contributed by atoms with E-state index in [1.54, 1.807) is 12.1 Å². The third-order valence-corrected chi connectivity index (χ3v) is 3.20. The molecule has 1 rings (SSSR count). The molecule has 0 saturated heterocycles. The highest BCUT2D eigenvalue weighted by molar-refractivity contribution is 7.79. The van der Waals surface area contributed by atoms with Gasteiger partial charge in [-0.25, -0.2) is 4.21 Å². The first-order chi connectivity index (χ1) is 7.58. The van der Waals surface area contributed by atoms with Crippen LogP contribution in [0.1, 0.15) is 5.56 Å². The zero-order valence-electron chi connectivity index (χ0n) is 8.85. The van der Waals surface area contributed by atoms with Crippen LogP contribution in [0.4, 0.5) is 0 Å². The molecular formula is C10H14ClNO3S. The van der Waals surface area contributed by atoms with Crippen LogP contribution < -0.4 is 10.5 Å². The fourth-order valence-electron chi connectivity index (χ4n) is 1.34. The van der Waals surface area contributed by atoms with Gasteiger partial charge in [-0.3, -0.25) is 0 Å². The standard InChI is InChI=1S/C10H14ClNO3S/c1-15-9-3-2-7(4-8(12)6-11)5-10(9)16(13)14/h2-3,5,8H,4,6,12H2,1H3,(H,13,14)/t8-/m0/s1. The molecule has 6 heteroatoms. The monoisotopic (exact) mass is 263 g/mol. The van der Waals surface area contributed by atoms with E-state index >= 15 is 0 Å². The molecule has 0 aliphatic carbocycles. The van der Waals surface area contributed by atoms with Gasteiger partial charge in [0.2, 0.25) is 0 Å². The van der Waals surface area contributed by atoms with E-state index in [0.29, 0.717) is 18.1 Å². The molecule has 16 heavy (non-hydrogen) atoms. The van der Waals surface area contributed by atoms with Crippen LogP contribution in [0.25, 0.3) is 0 Å². The highest BCUT2D eigenvalue weighted by Crippen LogP contribution is 2.23. The largest absolute Gasteiger partial charge is 0.495 e. The van der Waals surface area contributed by atoms with E-state index in [0.717, 1.165) is 5.56 Å². The first-order valence-corrected chi connectivity index (χ1v) is 6.32. The van der Waals surface area contributed by atoms with E-state index in [1.165, 1.54) is 7.11 Å². The van der Waals surface area contributed by atoms with Crippen molar-refractivity contribution < 1.29 is 13.5 Å². The Bertz CT molecular complexity index is 386. The van der Waals surface area contributed by atoms with E-state index < -0.39 is 11.1 Å². The summed E-state index contributed by atoms with van der Waals surface area (Å²) in [4.78, 5) is 0.252. The number of benzene rings is 1. The molecule has 1 aromatic carbocycles. The molecule has 0 saturated carbocycles. The number of nitrogens with two attached hydrogens (primary N) is 1. The van der Waals surface area contributed by atoms with Gasteiger partial charge in [0.25, 0.3) is 0 Å². The second-order valence-corrected chi connectivity index (χ2v) is 4.60. The van der Waals surface area contributed by atoms with Crippen molar-refractivity contribution in [3.8, 4) is 5.75 Å². The van der Waals surface area contributed by atoms with Gasteiger partial charge in [-0.05, 0) is 24.1 Å². The lowest BCUT2D eigenvalue weighted by Crippen LogP contribution is -2.24. The van der Waals surface area contributed by atoms with Crippen LogP contribution in [0, 0.1) is 0 Å². The molecule has 3 N–H and O–H groups in total. The van der Waals surface area contributed by atoms with Gasteiger partial charge in [0, 0.05) is 11.9 Å². The molecule has 0 aliphatic heterocycles. The number of ether oxygens (including phenoxy) is 1. The summed E-state index contributed by atoms with van der Waals surface area (Å²) in [6, 6.07) is 4.91. The second kappa shape index (κ2) is 6.20. The molecule has 0 bridgehead atoms. The number of hydrogen-bond acceptors (Lipinski definition) is 3. The summed E-state index contributed by atoms with van der Waals surface area (Å²) in [6.07, 6.45) is 0.567. The summed E-state index contributed by atoms with van der Waals surface area (Å²) < 4.78 is 25.1. The highest BCUT2D eigenvalue weighted by Gasteiger charge is 2.11. The van der Waals surface area contributed by atoms with Gasteiger partial charge in [-0.15, -0.1) is 11.6 Å². The number of methoxy groups -OCH3 is 1. The molecule has 90 valence electrons. The number of hydrogen-bond donors (Lipinski definition) is 2. The number of alkyl halides is 1. The van der Waals surface area contributed by atoms with Crippen LogP contribution in [0.5, 0.6) is 5.75 Å². The fourth-order valence-corrected chi connectivity index (χ4v) is 2.03. The Morgan fingerprint density at radius 1 is 1.62 bits per heavy atom. The fraction of sp³-hybridized carbons (Fsp3) is 0.400. The zero-order valence-corrected chi connectivity index (χ0v) is 10.4. The average Bonchev–Trinajstić information content (AvgIpc) is 2.28. The van der Waals surface area contributed by atoms with E-state index in [4.69, 9.17) is 26.6 Å². The molecule has 4 nitrogen and oxygen atoms in total. The van der Waals surface area contributed by atoms with Gasteiger partial charge in [0.1, 0.15) is 10.6 Å². The van der Waals surface area contributed by atoms with Crippen LogP contribution in [0.15, 0.2) is 23.1 Å². The summed E-state index contributed by atoms with van der Waals surface area (Å²) in [5.41, 5.74) is 6.57. The SMILES string of the molecule is COc1ccc(C[C@H](N)CCl)cc1S(=O)O. The van der Waals surface area contributed by atoms with E-state index in [9.17, 15) is 4.21 Å². The van der Waals surface area contributed by atoms with Gasteiger partial charge in [0.05, 0.1) is 7.11 Å². The predicted octanol–water partition coefficient (Wildman–Crippen LogP) is 1.38. The molecule has 2 atom stereocenters. The highest BCUT2D eigenvalue weighted by atomic mass is 35.5. The Kier molecular flexibility index (Phi) is 5.21. The minimum absolute atomic E-state index is 0.157. The Balaban J connectivity index is 2.97. The molecular weight excluding hydrogens is 250 g/mol. The van der Waals surface area contributed by atoms with Crippen LogP contribution in [0.2, 0.25) is 0 Å². The third-order valence-electron chi connectivity index (χ3n) is 2.11. The summed E-state index contributed by atoms with van der Waals surface area (Å²) in [7, 11) is 1.45. The summed E-state index contributed by atoms with van der Waals surface area (Å²) in [6.45, 7) is 0. The average molecular weight is 264 g/mol. The van der Waals surface area contributed by atoms with Crippen molar-refractivity contribution in [3.05, 3.63) is 23.8 Å². The maximum atomic E-state index is 11.1. The van der Waals surface area contributed by atoms with Gasteiger partial charge in [-0.1, -0.05) is 6.07 Å². The molecule has 1 aromatic rings. The molecule has 0 radical (unpaired) electrons. The summed E-state index contributed by atoms with van der Waals surface area (Å²) in [5, 5.41) is 0. The molecule has 0 amide bonds. The van der Waals surface area contributed by atoms with Crippen molar-refractivity contribution in [1.82, 2.24) is 0 Å². The zero-order chi connectivity index (χ0) is 12.1. The minimum atomic E-state index is -2.07. The predicted molar refractivity (Wildman–Crippen MR) is 64.4 cm³/mol. The van der Waals surface area contributed by atoms with E-state index in [2.05, 4.69) is 0 Å². The topological polar surface area (TPSA) is 72.5 Å². The second-order valence-electron chi connectivity index (χ2n) is 3.35. The van der Waals surface area contributed by atoms with Crippen molar-refractivity contribution in [3.63, 3.8) is 0 Å². The lowest BCUT2D eigenvalue weighted by atomic mass is 10.1. The van der Waals surface area contributed by atoms with Crippen LogP contribution >= 0.6 is 11.6 Å². The normalized spacial score (nSPS) is 14.5. The lowest BCUT2D eigenvalue weighted by molar-refractivity contribution is 0.401. The molecule has 0 spiro atoms. The Hall–Kier alpha value is -0.620. The van der Waals surface area contributed by atoms with Crippen LogP contribution in [0.3, 0.4) is 0 Å². The molecule has 0 fully saturated rings. The van der Waals surface area contributed by atoms with Gasteiger partial charge in [-0.2, -0.15) is 0 Å². The summed E-state index contributed by atoms with van der Waals surface area (Å²) >= 11 is 3.54. The smallest absolute Gasteiger partial charge is 0.190 e. The van der Waals surface area contributed by atoms with Gasteiger partial charge < -0.3 is 15.0 Å². The first kappa shape index (κ1) is 13.4. The van der Waals surface area contributed by atoms with E-state index in [-0.39, 0.29) is 10.9 Å². The molecule has 0 aromatic heterocycles. The van der Waals surface area contributed by atoms with Crippen LogP contribution in [-0.2, 0) is 17.5 Å². The molecule has 0 aliphatic rings. The van der Waals surface area contributed by atoms with E-state index in [1.807, 2.05) is 6.07 Å². The summed E-state index contributed by atoms with van der Waals surface area (Å²) in [5.74, 6) is 0.743. The minimum Gasteiger partial charge on any atom is -0.495 e. The molecule has 0 heterocycles. The number of rotatable bonds is 5. The maximum Gasteiger partial charge on any atom is 0.190 e. The van der Waals surface area contributed by atoms with Gasteiger partial charge in [0.15, 0.2) is 11.1 Å². The van der Waals surface area contributed by atoms with Crippen molar-refractivity contribution in [2.45, 2.75) is 17.4 Å².